The fraction of sp³-hybridized carbons (Fsp3) is 0.0625. The highest BCUT2D eigenvalue weighted by Gasteiger charge is 2.21. The lowest BCUT2D eigenvalue weighted by Gasteiger charge is -2.14. The Labute approximate surface area is 131 Å². The average molecular weight is 311 g/mol. The van der Waals surface area contributed by atoms with E-state index in [1.54, 1.807) is 11.0 Å². The number of hydrogen-bond acceptors (Lipinski definition) is 4. The maximum Gasteiger partial charge on any atom is 0.139 e. The molecule has 0 bridgehead atoms. The van der Waals surface area contributed by atoms with E-state index in [2.05, 4.69) is 15.5 Å². The summed E-state index contributed by atoms with van der Waals surface area (Å²) in [5.74, 6) is 0.774. The lowest BCUT2D eigenvalue weighted by Crippen LogP contribution is -2.12. The predicted octanol–water partition coefficient (Wildman–Crippen LogP) is 3.71. The Hall–Kier alpha value is -2.66. The lowest BCUT2D eigenvalue weighted by molar-refractivity contribution is 0.456. The van der Waals surface area contributed by atoms with Crippen LogP contribution in [0.4, 0.5) is 0 Å². The number of halogens is 1. The normalized spacial score (nSPS) is 12.6. The summed E-state index contributed by atoms with van der Waals surface area (Å²) in [5, 5.41) is 13.2. The molecule has 108 valence electrons. The molecule has 0 radical (unpaired) electrons. The van der Waals surface area contributed by atoms with Crippen molar-refractivity contribution in [3.05, 3.63) is 77.3 Å². The summed E-state index contributed by atoms with van der Waals surface area (Å²) in [6, 6.07) is 17.2. The van der Waals surface area contributed by atoms with Gasteiger partial charge < -0.3 is 4.42 Å². The van der Waals surface area contributed by atoms with Crippen LogP contribution in [0.15, 0.2) is 65.3 Å². The average Bonchev–Trinajstić information content (AvgIpc) is 3.19. The molecule has 4 aromatic rings. The van der Waals surface area contributed by atoms with Crippen molar-refractivity contribution in [3.8, 4) is 0 Å². The molecule has 1 unspecified atom stereocenters. The Kier molecular flexibility index (Phi) is 3.12. The summed E-state index contributed by atoms with van der Waals surface area (Å²) in [7, 11) is 0. The molecule has 2 aromatic carbocycles. The number of hydrogen-bond donors (Lipinski definition) is 0. The SMILES string of the molecule is Clc1ccc(C(c2cc3ccccc3o2)n2cnnn2)cc1. The van der Waals surface area contributed by atoms with Crippen LogP contribution in [0.5, 0.6) is 0 Å². The van der Waals surface area contributed by atoms with Crippen LogP contribution >= 0.6 is 11.6 Å². The first-order valence-electron chi connectivity index (χ1n) is 6.78. The number of para-hydroxylation sites is 1. The number of nitrogens with zero attached hydrogens (tertiary/aromatic N) is 4. The van der Waals surface area contributed by atoms with E-state index < -0.39 is 0 Å². The van der Waals surface area contributed by atoms with Gasteiger partial charge in [0.1, 0.15) is 23.7 Å². The molecule has 2 heterocycles. The Balaban J connectivity index is 1.88. The van der Waals surface area contributed by atoms with Crippen molar-refractivity contribution in [2.45, 2.75) is 6.04 Å². The van der Waals surface area contributed by atoms with Crippen LogP contribution in [0.3, 0.4) is 0 Å². The summed E-state index contributed by atoms with van der Waals surface area (Å²) < 4.78 is 7.66. The molecule has 0 aliphatic rings. The molecule has 0 amide bonds. The van der Waals surface area contributed by atoms with Crippen molar-refractivity contribution in [2.24, 2.45) is 0 Å². The molecular formula is C16H11ClN4O. The molecule has 0 N–H and O–H groups in total. The van der Waals surface area contributed by atoms with E-state index in [4.69, 9.17) is 16.0 Å². The first-order valence-corrected chi connectivity index (χ1v) is 7.15. The zero-order valence-corrected chi connectivity index (χ0v) is 12.2. The molecular weight excluding hydrogens is 300 g/mol. The highest BCUT2D eigenvalue weighted by atomic mass is 35.5. The van der Waals surface area contributed by atoms with Crippen molar-refractivity contribution in [3.63, 3.8) is 0 Å². The minimum absolute atomic E-state index is 0.236. The standard InChI is InChI=1S/C16H11ClN4O/c17-13-7-5-11(6-8-13)16(21-10-18-19-20-21)15-9-12-3-1-2-4-14(12)22-15/h1-10,16H. The van der Waals surface area contributed by atoms with E-state index >= 15 is 0 Å². The lowest BCUT2D eigenvalue weighted by atomic mass is 10.0. The monoisotopic (exact) mass is 310 g/mol. The van der Waals surface area contributed by atoms with Gasteiger partial charge in [-0.3, -0.25) is 0 Å². The van der Waals surface area contributed by atoms with Gasteiger partial charge in [-0.2, -0.15) is 0 Å². The van der Waals surface area contributed by atoms with Crippen molar-refractivity contribution in [1.82, 2.24) is 20.2 Å². The highest BCUT2D eigenvalue weighted by Crippen LogP contribution is 2.31. The molecule has 0 aliphatic heterocycles. The molecule has 2 aromatic heterocycles. The van der Waals surface area contributed by atoms with Crippen molar-refractivity contribution >= 4 is 22.6 Å². The van der Waals surface area contributed by atoms with Crippen molar-refractivity contribution in [2.75, 3.05) is 0 Å². The highest BCUT2D eigenvalue weighted by molar-refractivity contribution is 6.30. The molecule has 0 saturated heterocycles. The Morgan fingerprint density at radius 3 is 2.59 bits per heavy atom. The number of aromatic nitrogens is 4. The van der Waals surface area contributed by atoms with Crippen molar-refractivity contribution < 1.29 is 4.42 Å². The predicted molar refractivity (Wildman–Crippen MR) is 82.7 cm³/mol. The molecule has 22 heavy (non-hydrogen) atoms. The summed E-state index contributed by atoms with van der Waals surface area (Å²) in [4.78, 5) is 0. The van der Waals surface area contributed by atoms with Crippen LogP contribution in [-0.4, -0.2) is 20.2 Å². The third kappa shape index (κ3) is 2.25. The summed E-state index contributed by atoms with van der Waals surface area (Å²) in [6.07, 6.45) is 1.58. The number of rotatable bonds is 3. The van der Waals surface area contributed by atoms with Gasteiger partial charge in [-0.15, -0.1) is 5.10 Å². The molecule has 0 fully saturated rings. The van der Waals surface area contributed by atoms with E-state index in [0.717, 1.165) is 22.3 Å². The minimum atomic E-state index is -0.236. The Morgan fingerprint density at radius 1 is 1.05 bits per heavy atom. The Bertz CT molecular complexity index is 866. The van der Waals surface area contributed by atoms with Gasteiger partial charge in [0.2, 0.25) is 0 Å². The van der Waals surface area contributed by atoms with Crippen LogP contribution in [-0.2, 0) is 0 Å². The van der Waals surface area contributed by atoms with E-state index in [-0.39, 0.29) is 6.04 Å². The first kappa shape index (κ1) is 13.0. The molecule has 4 rings (SSSR count). The van der Waals surface area contributed by atoms with Crippen LogP contribution in [0.1, 0.15) is 17.4 Å². The molecule has 0 spiro atoms. The largest absolute Gasteiger partial charge is 0.458 e. The third-order valence-electron chi connectivity index (χ3n) is 3.53. The van der Waals surface area contributed by atoms with E-state index in [0.29, 0.717) is 5.02 Å². The molecule has 1 atom stereocenters. The zero-order valence-electron chi connectivity index (χ0n) is 11.4. The van der Waals surface area contributed by atoms with Crippen LogP contribution in [0, 0.1) is 0 Å². The second-order valence-corrected chi connectivity index (χ2v) is 5.37. The van der Waals surface area contributed by atoms with Gasteiger partial charge in [0, 0.05) is 10.4 Å². The fourth-order valence-corrected chi connectivity index (χ4v) is 2.64. The molecule has 5 nitrogen and oxygen atoms in total. The van der Waals surface area contributed by atoms with Gasteiger partial charge in [-0.25, -0.2) is 4.68 Å². The van der Waals surface area contributed by atoms with Crippen LogP contribution in [0.2, 0.25) is 5.02 Å². The number of benzene rings is 2. The quantitative estimate of drug-likeness (QED) is 0.579. The van der Waals surface area contributed by atoms with Gasteiger partial charge in [0.25, 0.3) is 0 Å². The van der Waals surface area contributed by atoms with Gasteiger partial charge in [0.15, 0.2) is 0 Å². The zero-order chi connectivity index (χ0) is 14.9. The van der Waals surface area contributed by atoms with E-state index in [9.17, 15) is 0 Å². The Morgan fingerprint density at radius 2 is 1.86 bits per heavy atom. The maximum atomic E-state index is 5.99. The second kappa shape index (κ2) is 5.27. The minimum Gasteiger partial charge on any atom is -0.458 e. The molecule has 0 aliphatic carbocycles. The summed E-state index contributed by atoms with van der Waals surface area (Å²) in [5.41, 5.74) is 1.83. The van der Waals surface area contributed by atoms with E-state index in [1.165, 1.54) is 0 Å². The number of tetrazole rings is 1. The van der Waals surface area contributed by atoms with Gasteiger partial charge in [-0.05, 0) is 40.3 Å². The van der Waals surface area contributed by atoms with Gasteiger partial charge in [0.05, 0.1) is 0 Å². The van der Waals surface area contributed by atoms with Gasteiger partial charge >= 0.3 is 0 Å². The second-order valence-electron chi connectivity index (χ2n) is 4.93. The molecule has 6 heteroatoms. The van der Waals surface area contributed by atoms with Gasteiger partial charge in [-0.1, -0.05) is 41.9 Å². The van der Waals surface area contributed by atoms with E-state index in [1.807, 2.05) is 54.6 Å². The smallest absolute Gasteiger partial charge is 0.139 e. The van der Waals surface area contributed by atoms with Crippen LogP contribution < -0.4 is 0 Å². The third-order valence-corrected chi connectivity index (χ3v) is 3.78. The van der Waals surface area contributed by atoms with Crippen molar-refractivity contribution in [1.29, 1.82) is 0 Å². The number of fused-ring (bicyclic) bond motifs is 1. The van der Waals surface area contributed by atoms with Crippen LogP contribution in [0.25, 0.3) is 11.0 Å². The fourth-order valence-electron chi connectivity index (χ4n) is 2.52. The first-order chi connectivity index (χ1) is 10.8. The molecule has 0 saturated carbocycles. The maximum absolute atomic E-state index is 5.99. The topological polar surface area (TPSA) is 56.7 Å². The number of furan rings is 1. The summed E-state index contributed by atoms with van der Waals surface area (Å²) >= 11 is 5.98. The summed E-state index contributed by atoms with van der Waals surface area (Å²) in [6.45, 7) is 0.